The van der Waals surface area contributed by atoms with Crippen molar-refractivity contribution in [1.82, 2.24) is 9.97 Å². The minimum atomic E-state index is 0.572. The largest absolute Gasteiger partial charge is 0.489 e. The zero-order valence-corrected chi connectivity index (χ0v) is 11.6. The molecule has 0 saturated heterocycles. The topological polar surface area (TPSA) is 49.9 Å². The highest BCUT2D eigenvalue weighted by Gasteiger charge is 1.99. The summed E-state index contributed by atoms with van der Waals surface area (Å²) in [4.78, 5) is 7.24. The van der Waals surface area contributed by atoms with Crippen LogP contribution in [-0.4, -0.2) is 9.97 Å². The van der Waals surface area contributed by atoms with Gasteiger partial charge in [0.1, 0.15) is 18.2 Å². The third-order valence-electron chi connectivity index (χ3n) is 3.10. The van der Waals surface area contributed by atoms with Gasteiger partial charge in [-0.25, -0.2) is 4.98 Å². The molecule has 3 rings (SSSR count). The molecule has 4 nitrogen and oxygen atoms in total. The van der Waals surface area contributed by atoms with E-state index in [0.29, 0.717) is 13.2 Å². The van der Waals surface area contributed by atoms with Gasteiger partial charge in [0.2, 0.25) is 0 Å². The number of benzene rings is 2. The van der Waals surface area contributed by atoms with E-state index in [4.69, 9.17) is 4.74 Å². The molecule has 0 aliphatic heterocycles. The number of H-pyrrole nitrogens is 1. The minimum absolute atomic E-state index is 0.572. The SMILES string of the molecule is c1ccc(COc2cccc(NCc3ncc[nH]3)c2)cc1. The molecule has 0 spiro atoms. The first-order valence-electron chi connectivity index (χ1n) is 6.89. The van der Waals surface area contributed by atoms with Gasteiger partial charge in [-0.2, -0.15) is 0 Å². The highest BCUT2D eigenvalue weighted by atomic mass is 16.5. The Kier molecular flexibility index (Phi) is 4.17. The van der Waals surface area contributed by atoms with Crippen molar-refractivity contribution in [3.05, 3.63) is 78.4 Å². The number of ether oxygens (including phenoxy) is 1. The van der Waals surface area contributed by atoms with Gasteiger partial charge in [-0.1, -0.05) is 36.4 Å². The number of anilines is 1. The summed E-state index contributed by atoms with van der Waals surface area (Å²) in [5.74, 6) is 1.76. The Morgan fingerprint density at radius 1 is 1.05 bits per heavy atom. The van der Waals surface area contributed by atoms with Gasteiger partial charge in [0.25, 0.3) is 0 Å². The maximum absolute atomic E-state index is 5.81. The first-order chi connectivity index (χ1) is 10.4. The van der Waals surface area contributed by atoms with Crippen molar-refractivity contribution in [3.63, 3.8) is 0 Å². The molecule has 2 aromatic carbocycles. The summed E-state index contributed by atoms with van der Waals surface area (Å²) >= 11 is 0. The average Bonchev–Trinajstić information content (AvgIpc) is 3.06. The number of hydrogen-bond acceptors (Lipinski definition) is 3. The number of aromatic nitrogens is 2. The lowest BCUT2D eigenvalue weighted by Crippen LogP contribution is -2.01. The highest BCUT2D eigenvalue weighted by Crippen LogP contribution is 2.19. The van der Waals surface area contributed by atoms with Gasteiger partial charge in [-0.15, -0.1) is 0 Å². The standard InChI is InChI=1S/C17H17N3O/c1-2-5-14(6-3-1)13-21-16-8-4-7-15(11-16)20-12-17-18-9-10-19-17/h1-11,20H,12-13H2,(H,18,19). The molecule has 1 heterocycles. The molecular formula is C17H17N3O. The third kappa shape index (κ3) is 3.86. The summed E-state index contributed by atoms with van der Waals surface area (Å²) in [6, 6.07) is 18.1. The molecule has 0 unspecified atom stereocenters. The number of imidazole rings is 1. The summed E-state index contributed by atoms with van der Waals surface area (Å²) in [7, 11) is 0. The summed E-state index contributed by atoms with van der Waals surface area (Å²) in [5, 5.41) is 3.31. The fourth-order valence-corrected chi connectivity index (χ4v) is 2.02. The Hall–Kier alpha value is -2.75. The smallest absolute Gasteiger partial charge is 0.125 e. The monoisotopic (exact) mass is 279 g/mol. The second kappa shape index (κ2) is 6.61. The van der Waals surface area contributed by atoms with Gasteiger partial charge < -0.3 is 15.0 Å². The molecule has 4 heteroatoms. The fraction of sp³-hybridized carbons (Fsp3) is 0.118. The van der Waals surface area contributed by atoms with Gasteiger partial charge in [-0.3, -0.25) is 0 Å². The van der Waals surface area contributed by atoms with E-state index in [1.165, 1.54) is 0 Å². The lowest BCUT2D eigenvalue weighted by Gasteiger charge is -2.09. The summed E-state index contributed by atoms with van der Waals surface area (Å²) < 4.78 is 5.81. The normalized spacial score (nSPS) is 10.3. The van der Waals surface area contributed by atoms with E-state index in [-0.39, 0.29) is 0 Å². The first-order valence-corrected chi connectivity index (χ1v) is 6.89. The van der Waals surface area contributed by atoms with E-state index in [1.807, 2.05) is 48.7 Å². The quantitative estimate of drug-likeness (QED) is 0.725. The maximum atomic E-state index is 5.81. The zero-order valence-electron chi connectivity index (χ0n) is 11.6. The highest BCUT2D eigenvalue weighted by molar-refractivity contribution is 5.48. The van der Waals surface area contributed by atoms with Crippen molar-refractivity contribution in [3.8, 4) is 5.75 Å². The molecule has 0 aliphatic rings. The maximum Gasteiger partial charge on any atom is 0.125 e. The van der Waals surface area contributed by atoms with E-state index in [1.54, 1.807) is 6.20 Å². The van der Waals surface area contributed by atoms with Crippen LogP contribution in [0.15, 0.2) is 67.0 Å². The molecule has 0 bridgehead atoms. The van der Waals surface area contributed by atoms with Gasteiger partial charge in [0.15, 0.2) is 0 Å². The predicted octanol–water partition coefficient (Wildman–Crippen LogP) is 3.60. The lowest BCUT2D eigenvalue weighted by molar-refractivity contribution is 0.306. The van der Waals surface area contributed by atoms with Crippen molar-refractivity contribution < 1.29 is 4.74 Å². The number of rotatable bonds is 6. The zero-order chi connectivity index (χ0) is 14.3. The van der Waals surface area contributed by atoms with Crippen molar-refractivity contribution >= 4 is 5.69 Å². The van der Waals surface area contributed by atoms with Crippen molar-refractivity contribution in [2.45, 2.75) is 13.2 Å². The second-order valence-electron chi connectivity index (χ2n) is 4.69. The van der Waals surface area contributed by atoms with Crippen LogP contribution in [0.25, 0.3) is 0 Å². The van der Waals surface area contributed by atoms with Crippen LogP contribution in [0.1, 0.15) is 11.4 Å². The van der Waals surface area contributed by atoms with Crippen LogP contribution in [0.5, 0.6) is 5.75 Å². The molecule has 0 amide bonds. The predicted molar refractivity (Wildman–Crippen MR) is 83.1 cm³/mol. The van der Waals surface area contributed by atoms with E-state index in [9.17, 15) is 0 Å². The Bertz CT molecular complexity index is 666. The molecule has 21 heavy (non-hydrogen) atoms. The molecule has 0 atom stereocenters. The van der Waals surface area contributed by atoms with E-state index < -0.39 is 0 Å². The molecule has 3 aromatic rings. The number of hydrogen-bond donors (Lipinski definition) is 2. The van der Waals surface area contributed by atoms with Crippen LogP contribution in [0.3, 0.4) is 0 Å². The van der Waals surface area contributed by atoms with Gasteiger partial charge in [0.05, 0.1) is 6.54 Å². The van der Waals surface area contributed by atoms with Gasteiger partial charge in [-0.05, 0) is 17.7 Å². The molecule has 0 aliphatic carbocycles. The number of nitrogens with one attached hydrogen (secondary N) is 2. The average molecular weight is 279 g/mol. The van der Waals surface area contributed by atoms with Gasteiger partial charge in [0, 0.05) is 24.1 Å². The van der Waals surface area contributed by atoms with Crippen LogP contribution in [0, 0.1) is 0 Å². The third-order valence-corrected chi connectivity index (χ3v) is 3.10. The fourth-order valence-electron chi connectivity index (χ4n) is 2.02. The summed E-state index contributed by atoms with van der Waals surface area (Å²) in [5.41, 5.74) is 2.17. The van der Waals surface area contributed by atoms with Crippen molar-refractivity contribution in [2.75, 3.05) is 5.32 Å². The van der Waals surface area contributed by atoms with Crippen LogP contribution >= 0.6 is 0 Å². The second-order valence-corrected chi connectivity index (χ2v) is 4.69. The number of nitrogens with zero attached hydrogens (tertiary/aromatic N) is 1. The molecule has 1 aromatic heterocycles. The molecular weight excluding hydrogens is 262 g/mol. The van der Waals surface area contributed by atoms with Gasteiger partial charge >= 0.3 is 0 Å². The van der Waals surface area contributed by atoms with Crippen LogP contribution in [0.2, 0.25) is 0 Å². The Labute approximate surface area is 123 Å². The first kappa shape index (κ1) is 13.2. The van der Waals surface area contributed by atoms with Crippen LogP contribution in [0.4, 0.5) is 5.69 Å². The number of aromatic amines is 1. The van der Waals surface area contributed by atoms with Crippen molar-refractivity contribution in [2.24, 2.45) is 0 Å². The molecule has 2 N–H and O–H groups in total. The van der Waals surface area contributed by atoms with Crippen LogP contribution in [-0.2, 0) is 13.2 Å². The molecule has 0 saturated carbocycles. The molecule has 0 radical (unpaired) electrons. The Balaban J connectivity index is 1.58. The molecule has 106 valence electrons. The Morgan fingerprint density at radius 2 is 1.95 bits per heavy atom. The minimum Gasteiger partial charge on any atom is -0.489 e. The van der Waals surface area contributed by atoms with E-state index in [0.717, 1.165) is 22.8 Å². The van der Waals surface area contributed by atoms with Crippen molar-refractivity contribution in [1.29, 1.82) is 0 Å². The lowest BCUT2D eigenvalue weighted by atomic mass is 10.2. The van der Waals surface area contributed by atoms with Crippen LogP contribution < -0.4 is 10.1 Å². The Morgan fingerprint density at radius 3 is 2.76 bits per heavy atom. The summed E-state index contributed by atoms with van der Waals surface area (Å²) in [6.45, 7) is 1.23. The van der Waals surface area contributed by atoms with E-state index in [2.05, 4.69) is 27.4 Å². The summed E-state index contributed by atoms with van der Waals surface area (Å²) in [6.07, 6.45) is 3.56. The van der Waals surface area contributed by atoms with E-state index >= 15 is 0 Å². The molecule has 0 fully saturated rings.